The average Bonchev–Trinajstić information content (AvgIpc) is 2.89. The van der Waals surface area contributed by atoms with E-state index in [9.17, 15) is 9.59 Å². The average molecular weight is 520 g/mol. The van der Waals surface area contributed by atoms with Gasteiger partial charge in [-0.05, 0) is 43.3 Å². The number of hydrogen-bond donors (Lipinski definition) is 1. The molecule has 0 unspecified atom stereocenters. The van der Waals surface area contributed by atoms with Crippen LogP contribution in [-0.2, 0) is 0 Å². The zero-order chi connectivity index (χ0) is 25.7. The summed E-state index contributed by atoms with van der Waals surface area (Å²) >= 11 is 12.2. The van der Waals surface area contributed by atoms with E-state index in [1.54, 1.807) is 48.6 Å². The van der Waals surface area contributed by atoms with Gasteiger partial charge in [-0.25, -0.2) is 9.67 Å². The van der Waals surface area contributed by atoms with Crippen LogP contribution in [0, 0.1) is 0 Å². The van der Waals surface area contributed by atoms with Crippen molar-refractivity contribution < 1.29 is 9.53 Å². The largest absolute Gasteiger partial charge is 0.457 e. The van der Waals surface area contributed by atoms with E-state index < -0.39 is 11.3 Å². The van der Waals surface area contributed by atoms with E-state index in [4.69, 9.17) is 27.9 Å². The van der Waals surface area contributed by atoms with Crippen molar-refractivity contribution in [2.24, 2.45) is 0 Å². The lowest BCUT2D eigenvalue weighted by Gasteiger charge is -2.13. The number of aromatic nitrogens is 4. The van der Waals surface area contributed by atoms with Gasteiger partial charge in [0, 0.05) is 24.7 Å². The minimum atomic E-state index is -0.787. The van der Waals surface area contributed by atoms with Crippen molar-refractivity contribution in [1.29, 1.82) is 0 Å². The minimum absolute atomic E-state index is 0.118. The lowest BCUT2D eigenvalue weighted by Crippen LogP contribution is -2.27. The Labute approximate surface area is 216 Å². The SMILES string of the molecule is C=C/C(=C\C=C/C)Oc1cccc(-n2nc(C(=O)Nc3c(Cl)cncc3Cl)c(=O)c3cccnc32)c1. The summed E-state index contributed by atoms with van der Waals surface area (Å²) in [6.45, 7) is 5.65. The third kappa shape index (κ3) is 5.19. The number of allylic oxidation sites excluding steroid dienone is 4. The van der Waals surface area contributed by atoms with Gasteiger partial charge in [0.15, 0.2) is 11.3 Å². The second-order valence-corrected chi connectivity index (χ2v) is 8.11. The molecule has 180 valence electrons. The van der Waals surface area contributed by atoms with E-state index >= 15 is 0 Å². The lowest BCUT2D eigenvalue weighted by atomic mass is 10.2. The maximum atomic E-state index is 13.2. The zero-order valence-corrected chi connectivity index (χ0v) is 20.5. The van der Waals surface area contributed by atoms with Crippen LogP contribution in [0.25, 0.3) is 16.7 Å². The number of carbonyl (C=O) groups excluding carboxylic acids is 1. The number of pyridine rings is 2. The molecular weight excluding hydrogens is 501 g/mol. The van der Waals surface area contributed by atoms with E-state index in [0.29, 0.717) is 17.2 Å². The number of amides is 1. The number of fused-ring (bicyclic) bond motifs is 1. The summed E-state index contributed by atoms with van der Waals surface area (Å²) in [5.74, 6) is 0.242. The van der Waals surface area contributed by atoms with Gasteiger partial charge in [-0.1, -0.05) is 48.0 Å². The van der Waals surface area contributed by atoms with E-state index in [1.807, 2.05) is 19.1 Å². The maximum Gasteiger partial charge on any atom is 0.280 e. The van der Waals surface area contributed by atoms with Gasteiger partial charge >= 0.3 is 0 Å². The predicted octanol–water partition coefficient (Wildman–Crippen LogP) is 5.76. The topological polar surface area (TPSA) is 99.0 Å². The molecular formula is C26H19Cl2N5O3. The second-order valence-electron chi connectivity index (χ2n) is 7.29. The maximum absolute atomic E-state index is 13.2. The van der Waals surface area contributed by atoms with Crippen LogP contribution in [0.2, 0.25) is 10.0 Å². The fourth-order valence-electron chi connectivity index (χ4n) is 3.24. The van der Waals surface area contributed by atoms with E-state index in [1.165, 1.54) is 23.3 Å². The molecule has 36 heavy (non-hydrogen) atoms. The molecule has 3 aromatic heterocycles. The number of halogens is 2. The first-order valence-electron chi connectivity index (χ1n) is 10.6. The highest BCUT2D eigenvalue weighted by atomic mass is 35.5. The summed E-state index contributed by atoms with van der Waals surface area (Å²) in [5, 5.41) is 7.34. The Morgan fingerprint density at radius 1 is 1.17 bits per heavy atom. The van der Waals surface area contributed by atoms with Gasteiger partial charge in [0.25, 0.3) is 5.91 Å². The van der Waals surface area contributed by atoms with Crippen molar-refractivity contribution in [2.45, 2.75) is 6.92 Å². The van der Waals surface area contributed by atoms with Crippen LogP contribution in [0.3, 0.4) is 0 Å². The Hall–Kier alpha value is -4.27. The van der Waals surface area contributed by atoms with Crippen LogP contribution in [0.15, 0.2) is 96.4 Å². The standard InChI is InChI=1S/C26H19Cl2N5O3/c1-3-5-9-17(4-2)36-18-10-6-8-16(13-18)33-25-19(11-7-12-30-25)24(34)23(32-33)26(35)31-22-20(27)14-29-15-21(22)28/h3-15H,2H2,1H3,(H,29,31,35)/b5-3-,17-9+. The summed E-state index contributed by atoms with van der Waals surface area (Å²) in [6, 6.07) is 10.1. The van der Waals surface area contributed by atoms with E-state index in [-0.39, 0.29) is 32.5 Å². The summed E-state index contributed by atoms with van der Waals surface area (Å²) in [7, 11) is 0. The second kappa shape index (κ2) is 11.0. The third-order valence-electron chi connectivity index (χ3n) is 4.91. The predicted molar refractivity (Wildman–Crippen MR) is 141 cm³/mol. The van der Waals surface area contributed by atoms with E-state index in [2.05, 4.69) is 27.0 Å². The highest BCUT2D eigenvalue weighted by molar-refractivity contribution is 6.39. The molecule has 0 radical (unpaired) electrons. The highest BCUT2D eigenvalue weighted by Gasteiger charge is 2.21. The van der Waals surface area contributed by atoms with Gasteiger partial charge in [0.1, 0.15) is 11.5 Å². The molecule has 0 saturated heterocycles. The first-order chi connectivity index (χ1) is 17.4. The molecule has 0 saturated carbocycles. The van der Waals surface area contributed by atoms with Gasteiger partial charge < -0.3 is 10.1 Å². The molecule has 3 heterocycles. The first kappa shape index (κ1) is 24.8. The van der Waals surface area contributed by atoms with Crippen molar-refractivity contribution in [3.63, 3.8) is 0 Å². The lowest BCUT2D eigenvalue weighted by molar-refractivity contribution is 0.102. The van der Waals surface area contributed by atoms with Crippen LogP contribution < -0.4 is 15.5 Å². The van der Waals surface area contributed by atoms with E-state index in [0.717, 1.165) is 0 Å². The molecule has 4 aromatic rings. The fourth-order valence-corrected chi connectivity index (χ4v) is 3.70. The molecule has 0 aliphatic carbocycles. The van der Waals surface area contributed by atoms with Gasteiger partial charge in [0.05, 0.1) is 26.8 Å². The first-order valence-corrected chi connectivity index (χ1v) is 11.4. The molecule has 4 rings (SSSR count). The molecule has 1 aromatic carbocycles. The fraction of sp³-hybridized carbons (Fsp3) is 0.0385. The summed E-state index contributed by atoms with van der Waals surface area (Å²) in [5.41, 5.74) is -0.0591. The number of rotatable bonds is 7. The summed E-state index contributed by atoms with van der Waals surface area (Å²) in [4.78, 5) is 34.5. The Morgan fingerprint density at radius 3 is 2.67 bits per heavy atom. The van der Waals surface area contributed by atoms with Crippen molar-refractivity contribution in [3.05, 3.63) is 118 Å². The van der Waals surface area contributed by atoms with Gasteiger partial charge in [-0.15, -0.1) is 0 Å². The molecule has 1 amide bonds. The minimum Gasteiger partial charge on any atom is -0.457 e. The van der Waals surface area contributed by atoms with Crippen LogP contribution in [-0.4, -0.2) is 25.7 Å². The molecule has 0 bridgehead atoms. The summed E-state index contributed by atoms with van der Waals surface area (Å²) in [6.07, 6.45) is 11.2. The van der Waals surface area contributed by atoms with Crippen molar-refractivity contribution in [1.82, 2.24) is 19.7 Å². The Morgan fingerprint density at radius 2 is 1.94 bits per heavy atom. The molecule has 0 atom stereocenters. The molecule has 8 nitrogen and oxygen atoms in total. The molecule has 0 fully saturated rings. The number of anilines is 1. The Kier molecular flexibility index (Phi) is 7.58. The van der Waals surface area contributed by atoms with Crippen molar-refractivity contribution in [3.8, 4) is 11.4 Å². The van der Waals surface area contributed by atoms with Crippen LogP contribution in [0.4, 0.5) is 5.69 Å². The molecule has 0 aliphatic heterocycles. The molecule has 0 aliphatic rings. The molecule has 1 N–H and O–H groups in total. The summed E-state index contributed by atoms with van der Waals surface area (Å²) < 4.78 is 7.30. The highest BCUT2D eigenvalue weighted by Crippen LogP contribution is 2.29. The van der Waals surface area contributed by atoms with Crippen molar-refractivity contribution in [2.75, 3.05) is 5.32 Å². The Balaban J connectivity index is 1.82. The number of benzene rings is 1. The number of ether oxygens (including phenoxy) is 1. The van der Waals surface area contributed by atoms with Crippen LogP contribution >= 0.6 is 23.2 Å². The Bertz CT molecular complexity index is 1570. The van der Waals surface area contributed by atoms with Gasteiger partial charge in [-0.3, -0.25) is 14.6 Å². The van der Waals surface area contributed by atoms with Crippen LogP contribution in [0.1, 0.15) is 17.4 Å². The smallest absolute Gasteiger partial charge is 0.280 e. The molecule has 0 spiro atoms. The number of nitrogens with zero attached hydrogens (tertiary/aromatic N) is 4. The third-order valence-corrected chi connectivity index (χ3v) is 5.48. The molecule has 10 heteroatoms. The number of carbonyl (C=O) groups is 1. The number of nitrogens with one attached hydrogen (secondary N) is 1. The monoisotopic (exact) mass is 519 g/mol. The van der Waals surface area contributed by atoms with Gasteiger partial charge in [0.2, 0.25) is 5.43 Å². The zero-order valence-electron chi connectivity index (χ0n) is 19.0. The normalized spacial score (nSPS) is 11.6. The number of hydrogen-bond acceptors (Lipinski definition) is 6. The van der Waals surface area contributed by atoms with Gasteiger partial charge in [-0.2, -0.15) is 5.10 Å². The van der Waals surface area contributed by atoms with Crippen LogP contribution in [0.5, 0.6) is 5.75 Å². The van der Waals surface area contributed by atoms with Crippen molar-refractivity contribution >= 4 is 45.8 Å². The quantitative estimate of drug-likeness (QED) is 0.246.